The van der Waals surface area contributed by atoms with E-state index < -0.39 is 0 Å². The van der Waals surface area contributed by atoms with Crippen LogP contribution >= 0.6 is 0 Å². The topological polar surface area (TPSA) is 70.7 Å². The number of halogens is 1. The van der Waals surface area contributed by atoms with Crippen molar-refractivity contribution in [1.82, 2.24) is 4.90 Å². The SMILES string of the molecule is COc1ccc(C)cc1NC(=O)C1CCN(CC(=O)Nc2ccc(F)cc2)CC1. The fourth-order valence-electron chi connectivity index (χ4n) is 3.44. The summed E-state index contributed by atoms with van der Waals surface area (Å²) >= 11 is 0. The van der Waals surface area contributed by atoms with E-state index >= 15 is 0 Å². The van der Waals surface area contributed by atoms with Gasteiger partial charge in [0.05, 0.1) is 19.3 Å². The fraction of sp³-hybridized carbons (Fsp3) is 0.364. The summed E-state index contributed by atoms with van der Waals surface area (Å²) in [6.45, 7) is 3.54. The number of piperidine rings is 1. The molecule has 2 aromatic carbocycles. The molecule has 1 heterocycles. The standard InChI is InChI=1S/C22H26FN3O3/c1-15-3-8-20(29-2)19(13-15)25-22(28)16-9-11-26(12-10-16)14-21(27)24-18-6-4-17(23)5-7-18/h3-8,13,16H,9-12,14H2,1-2H3,(H,24,27)(H,25,28). The van der Waals surface area contributed by atoms with E-state index in [0.717, 1.165) is 5.56 Å². The minimum Gasteiger partial charge on any atom is -0.495 e. The van der Waals surface area contributed by atoms with Gasteiger partial charge in [0.1, 0.15) is 11.6 Å². The van der Waals surface area contributed by atoms with Crippen molar-refractivity contribution >= 4 is 23.2 Å². The van der Waals surface area contributed by atoms with Crippen LogP contribution < -0.4 is 15.4 Å². The van der Waals surface area contributed by atoms with Crippen molar-refractivity contribution in [2.45, 2.75) is 19.8 Å². The average molecular weight is 399 g/mol. The Kier molecular flexibility index (Phi) is 6.82. The summed E-state index contributed by atoms with van der Waals surface area (Å²) in [5.74, 6) is 0.0235. The summed E-state index contributed by atoms with van der Waals surface area (Å²) in [6, 6.07) is 11.3. The van der Waals surface area contributed by atoms with Crippen LogP contribution in [0.2, 0.25) is 0 Å². The van der Waals surface area contributed by atoms with Crippen LogP contribution in [-0.4, -0.2) is 43.5 Å². The summed E-state index contributed by atoms with van der Waals surface area (Å²) in [5.41, 5.74) is 2.29. The molecule has 154 valence electrons. The molecule has 0 radical (unpaired) electrons. The molecule has 0 aliphatic carbocycles. The van der Waals surface area contributed by atoms with Crippen molar-refractivity contribution in [2.24, 2.45) is 5.92 Å². The summed E-state index contributed by atoms with van der Waals surface area (Å²) in [4.78, 5) is 26.9. The van der Waals surface area contributed by atoms with Crippen LogP contribution in [0.1, 0.15) is 18.4 Å². The van der Waals surface area contributed by atoms with Gasteiger partial charge < -0.3 is 15.4 Å². The Hall–Kier alpha value is -2.93. The first kappa shape index (κ1) is 20.8. The number of hydrogen-bond donors (Lipinski definition) is 2. The molecule has 0 bridgehead atoms. The number of amides is 2. The molecule has 7 heteroatoms. The lowest BCUT2D eigenvalue weighted by molar-refractivity contribution is -0.121. The second kappa shape index (κ2) is 9.52. The highest BCUT2D eigenvalue weighted by atomic mass is 19.1. The lowest BCUT2D eigenvalue weighted by atomic mass is 9.95. The molecule has 1 aliphatic rings. The van der Waals surface area contributed by atoms with E-state index in [9.17, 15) is 14.0 Å². The Labute approximate surface area is 170 Å². The Morgan fingerprint density at radius 3 is 2.45 bits per heavy atom. The number of nitrogens with zero attached hydrogens (tertiary/aromatic N) is 1. The zero-order chi connectivity index (χ0) is 20.8. The third-order valence-corrected chi connectivity index (χ3v) is 5.07. The van der Waals surface area contributed by atoms with Crippen molar-refractivity contribution in [1.29, 1.82) is 0 Å². The molecule has 1 saturated heterocycles. The smallest absolute Gasteiger partial charge is 0.238 e. The molecule has 0 atom stereocenters. The number of methoxy groups -OCH3 is 1. The van der Waals surface area contributed by atoms with Crippen LogP contribution in [-0.2, 0) is 9.59 Å². The first-order valence-electron chi connectivity index (χ1n) is 9.68. The number of nitrogens with one attached hydrogen (secondary N) is 2. The average Bonchev–Trinajstić information content (AvgIpc) is 2.70. The van der Waals surface area contributed by atoms with Crippen LogP contribution in [0.3, 0.4) is 0 Å². The molecule has 6 nitrogen and oxygen atoms in total. The highest BCUT2D eigenvalue weighted by molar-refractivity contribution is 5.94. The summed E-state index contributed by atoms with van der Waals surface area (Å²) in [6.07, 6.45) is 1.37. The highest BCUT2D eigenvalue weighted by Gasteiger charge is 2.26. The molecule has 2 amide bonds. The van der Waals surface area contributed by atoms with Crippen molar-refractivity contribution < 1.29 is 18.7 Å². The molecule has 1 aliphatic heterocycles. The van der Waals surface area contributed by atoms with E-state index in [4.69, 9.17) is 4.74 Å². The molecular weight excluding hydrogens is 373 g/mol. The number of carbonyl (C=O) groups is 2. The van der Waals surface area contributed by atoms with Crippen LogP contribution in [0.5, 0.6) is 5.75 Å². The monoisotopic (exact) mass is 399 g/mol. The van der Waals surface area contributed by atoms with Gasteiger partial charge in [0.25, 0.3) is 0 Å². The first-order valence-corrected chi connectivity index (χ1v) is 9.68. The van der Waals surface area contributed by atoms with E-state index in [1.54, 1.807) is 7.11 Å². The van der Waals surface area contributed by atoms with Gasteiger partial charge in [-0.2, -0.15) is 0 Å². The molecular formula is C22H26FN3O3. The lowest BCUT2D eigenvalue weighted by Crippen LogP contribution is -2.41. The van der Waals surface area contributed by atoms with Crippen molar-refractivity contribution in [2.75, 3.05) is 37.4 Å². The summed E-state index contributed by atoms with van der Waals surface area (Å²) in [5, 5.41) is 5.73. The summed E-state index contributed by atoms with van der Waals surface area (Å²) < 4.78 is 18.3. The molecule has 0 unspecified atom stereocenters. The maximum Gasteiger partial charge on any atom is 0.238 e. The molecule has 29 heavy (non-hydrogen) atoms. The number of ether oxygens (including phenoxy) is 1. The van der Waals surface area contributed by atoms with E-state index in [2.05, 4.69) is 10.6 Å². The molecule has 3 rings (SSSR count). The predicted molar refractivity (Wildman–Crippen MR) is 111 cm³/mol. The fourth-order valence-corrected chi connectivity index (χ4v) is 3.44. The van der Waals surface area contributed by atoms with Crippen LogP contribution in [0.15, 0.2) is 42.5 Å². The van der Waals surface area contributed by atoms with E-state index in [1.807, 2.05) is 30.0 Å². The van der Waals surface area contributed by atoms with Gasteiger partial charge in [-0.05, 0) is 74.8 Å². The Morgan fingerprint density at radius 1 is 1.10 bits per heavy atom. The summed E-state index contributed by atoms with van der Waals surface area (Å²) in [7, 11) is 1.58. The number of likely N-dealkylation sites (tertiary alicyclic amines) is 1. The molecule has 1 fully saturated rings. The van der Waals surface area contributed by atoms with Gasteiger partial charge in [0.15, 0.2) is 0 Å². The number of carbonyl (C=O) groups excluding carboxylic acids is 2. The van der Waals surface area contributed by atoms with Gasteiger partial charge >= 0.3 is 0 Å². The number of rotatable bonds is 6. The van der Waals surface area contributed by atoms with Crippen molar-refractivity contribution in [3.8, 4) is 5.75 Å². The van der Waals surface area contributed by atoms with Crippen LogP contribution in [0.4, 0.5) is 15.8 Å². The van der Waals surface area contributed by atoms with E-state index in [1.165, 1.54) is 24.3 Å². The van der Waals surface area contributed by atoms with Gasteiger partial charge in [-0.25, -0.2) is 4.39 Å². The third-order valence-electron chi connectivity index (χ3n) is 5.07. The second-order valence-electron chi connectivity index (χ2n) is 7.30. The third kappa shape index (κ3) is 5.77. The van der Waals surface area contributed by atoms with E-state index in [0.29, 0.717) is 43.1 Å². The molecule has 0 saturated carbocycles. The maximum absolute atomic E-state index is 12.9. The Bertz CT molecular complexity index is 862. The van der Waals surface area contributed by atoms with Gasteiger partial charge in [-0.1, -0.05) is 6.07 Å². The van der Waals surface area contributed by atoms with Crippen molar-refractivity contribution in [3.63, 3.8) is 0 Å². The van der Waals surface area contributed by atoms with Gasteiger partial charge in [-0.15, -0.1) is 0 Å². The molecule has 0 aromatic heterocycles. The van der Waals surface area contributed by atoms with Gasteiger partial charge in [-0.3, -0.25) is 14.5 Å². The normalized spacial score (nSPS) is 15.0. The Morgan fingerprint density at radius 2 is 1.79 bits per heavy atom. The molecule has 0 spiro atoms. The number of benzene rings is 2. The zero-order valence-electron chi connectivity index (χ0n) is 16.7. The number of hydrogen-bond acceptors (Lipinski definition) is 4. The maximum atomic E-state index is 12.9. The van der Waals surface area contributed by atoms with Gasteiger partial charge in [0.2, 0.25) is 11.8 Å². The highest BCUT2D eigenvalue weighted by Crippen LogP contribution is 2.27. The van der Waals surface area contributed by atoms with Gasteiger partial charge in [0, 0.05) is 11.6 Å². The number of anilines is 2. The quantitative estimate of drug-likeness (QED) is 0.781. The zero-order valence-corrected chi connectivity index (χ0v) is 16.7. The molecule has 2 aromatic rings. The minimum atomic E-state index is -0.341. The van der Waals surface area contributed by atoms with Crippen LogP contribution in [0.25, 0.3) is 0 Å². The number of aryl methyl sites for hydroxylation is 1. The predicted octanol–water partition coefficient (Wildman–Crippen LogP) is 3.43. The van der Waals surface area contributed by atoms with E-state index in [-0.39, 0.29) is 30.1 Å². The first-order chi connectivity index (χ1) is 13.9. The van der Waals surface area contributed by atoms with Crippen LogP contribution in [0, 0.1) is 18.7 Å². The largest absolute Gasteiger partial charge is 0.495 e. The minimum absolute atomic E-state index is 0.0238. The van der Waals surface area contributed by atoms with Crippen molar-refractivity contribution in [3.05, 3.63) is 53.8 Å². The molecule has 2 N–H and O–H groups in total. The second-order valence-corrected chi connectivity index (χ2v) is 7.30. The Balaban J connectivity index is 1.47. The lowest BCUT2D eigenvalue weighted by Gasteiger charge is -2.30.